The summed E-state index contributed by atoms with van der Waals surface area (Å²) >= 11 is 5.92. The number of hydrogen-bond donors (Lipinski definition) is 2. The van der Waals surface area contributed by atoms with Gasteiger partial charge in [-0.05, 0) is 30.7 Å². The number of phenols is 1. The van der Waals surface area contributed by atoms with Crippen LogP contribution in [0.15, 0.2) is 36.7 Å². The zero-order valence-corrected chi connectivity index (χ0v) is 13.5. The van der Waals surface area contributed by atoms with Crippen LogP contribution in [0.1, 0.15) is 6.42 Å². The van der Waals surface area contributed by atoms with Gasteiger partial charge in [0.15, 0.2) is 5.82 Å². The number of aromatic hydroxyl groups is 1. The summed E-state index contributed by atoms with van der Waals surface area (Å²) in [4.78, 5) is 4.20. The van der Waals surface area contributed by atoms with Crippen LogP contribution >= 0.6 is 11.6 Å². The first-order valence-electron chi connectivity index (χ1n) is 7.66. The average Bonchev–Trinajstić information content (AvgIpc) is 3.09. The van der Waals surface area contributed by atoms with Crippen molar-refractivity contribution in [3.63, 3.8) is 0 Å². The van der Waals surface area contributed by atoms with Crippen LogP contribution < -0.4 is 5.32 Å². The predicted molar refractivity (Wildman–Crippen MR) is 92.3 cm³/mol. The third-order valence-corrected chi connectivity index (χ3v) is 4.30. The summed E-state index contributed by atoms with van der Waals surface area (Å²) in [5.74, 6) is 0.741. The van der Waals surface area contributed by atoms with E-state index in [1.54, 1.807) is 24.5 Å². The maximum Gasteiger partial charge on any atom is 0.158 e. The fourth-order valence-electron chi connectivity index (χ4n) is 2.85. The summed E-state index contributed by atoms with van der Waals surface area (Å²) in [5, 5.41) is 24.4. The number of phenolic OH excluding ortho intramolecular Hbond substituents is 1. The van der Waals surface area contributed by atoms with Gasteiger partial charge in [0, 0.05) is 40.4 Å². The van der Waals surface area contributed by atoms with Crippen LogP contribution in [0.25, 0.3) is 22.0 Å². The van der Waals surface area contributed by atoms with Gasteiger partial charge in [0.05, 0.1) is 12.6 Å². The number of fused-ring (bicyclic) bond motifs is 1. The second kappa shape index (κ2) is 6.22. The zero-order chi connectivity index (χ0) is 16.5. The molecule has 3 aromatic rings. The normalized spacial score (nSPS) is 17.3. The van der Waals surface area contributed by atoms with Gasteiger partial charge in [-0.3, -0.25) is 4.98 Å². The Balaban J connectivity index is 1.83. The number of aromatic nitrogens is 3. The highest BCUT2D eigenvalue weighted by molar-refractivity contribution is 6.30. The van der Waals surface area contributed by atoms with Crippen molar-refractivity contribution in [2.45, 2.75) is 12.5 Å². The van der Waals surface area contributed by atoms with Crippen molar-refractivity contribution in [1.29, 1.82) is 0 Å². The molecule has 2 N–H and O–H groups in total. The van der Waals surface area contributed by atoms with E-state index in [0.717, 1.165) is 23.8 Å². The lowest BCUT2D eigenvalue weighted by atomic mass is 10.1. The highest BCUT2D eigenvalue weighted by Crippen LogP contribution is 2.35. The maximum absolute atomic E-state index is 10.2. The molecule has 24 heavy (non-hydrogen) atoms. The standard InChI is InChI=1S/C17H15ClN4O2/c18-10-1-2-13(15(23)7-10)16-12-3-5-19-8-14(12)17(22-21-16)20-11-4-6-24-9-11/h1-3,5,7-8,11,23H,4,6,9H2,(H,20,22)/t11-/m1/s1. The topological polar surface area (TPSA) is 80.2 Å². The van der Waals surface area contributed by atoms with Gasteiger partial charge < -0.3 is 15.2 Å². The van der Waals surface area contributed by atoms with Crippen LogP contribution in [0.4, 0.5) is 5.82 Å². The highest BCUT2D eigenvalue weighted by atomic mass is 35.5. The summed E-state index contributed by atoms with van der Waals surface area (Å²) in [5.41, 5.74) is 1.17. The van der Waals surface area contributed by atoms with Gasteiger partial charge in [-0.15, -0.1) is 10.2 Å². The van der Waals surface area contributed by atoms with Crippen LogP contribution in [0.5, 0.6) is 5.75 Å². The van der Waals surface area contributed by atoms with Crippen molar-refractivity contribution in [2.75, 3.05) is 18.5 Å². The zero-order valence-electron chi connectivity index (χ0n) is 12.7. The summed E-state index contributed by atoms with van der Waals surface area (Å²) < 4.78 is 5.39. The number of benzene rings is 1. The molecule has 0 aliphatic carbocycles. The molecule has 7 heteroatoms. The minimum absolute atomic E-state index is 0.0693. The summed E-state index contributed by atoms with van der Waals surface area (Å²) in [7, 11) is 0. The molecule has 0 unspecified atom stereocenters. The quantitative estimate of drug-likeness (QED) is 0.760. The lowest BCUT2D eigenvalue weighted by Gasteiger charge is -2.14. The molecule has 1 aliphatic rings. The third kappa shape index (κ3) is 2.74. The van der Waals surface area contributed by atoms with Gasteiger partial charge in [-0.1, -0.05) is 11.6 Å². The fraction of sp³-hybridized carbons (Fsp3) is 0.235. The van der Waals surface area contributed by atoms with Gasteiger partial charge in [0.2, 0.25) is 0 Å². The Kier molecular flexibility index (Phi) is 3.92. The molecule has 0 amide bonds. The molecule has 1 aromatic carbocycles. The minimum atomic E-state index is 0.0693. The lowest BCUT2D eigenvalue weighted by molar-refractivity contribution is 0.195. The van der Waals surface area contributed by atoms with Crippen molar-refractivity contribution in [2.24, 2.45) is 0 Å². The van der Waals surface area contributed by atoms with Gasteiger partial charge in [-0.25, -0.2) is 0 Å². The number of ether oxygens (including phenoxy) is 1. The minimum Gasteiger partial charge on any atom is -0.507 e. The third-order valence-electron chi connectivity index (χ3n) is 4.07. The molecule has 1 aliphatic heterocycles. The van der Waals surface area contributed by atoms with E-state index in [9.17, 15) is 5.11 Å². The molecule has 0 spiro atoms. The molecular weight excluding hydrogens is 328 g/mol. The van der Waals surface area contributed by atoms with Crippen LogP contribution in [-0.4, -0.2) is 39.5 Å². The van der Waals surface area contributed by atoms with E-state index in [0.29, 0.717) is 28.7 Å². The van der Waals surface area contributed by atoms with Crippen molar-refractivity contribution in [3.05, 3.63) is 41.7 Å². The van der Waals surface area contributed by atoms with E-state index in [-0.39, 0.29) is 11.8 Å². The molecule has 122 valence electrons. The number of hydrogen-bond acceptors (Lipinski definition) is 6. The number of rotatable bonds is 3. The van der Waals surface area contributed by atoms with E-state index >= 15 is 0 Å². The van der Waals surface area contributed by atoms with Crippen molar-refractivity contribution in [3.8, 4) is 17.0 Å². The highest BCUT2D eigenvalue weighted by Gasteiger charge is 2.19. The van der Waals surface area contributed by atoms with Gasteiger partial charge in [0.1, 0.15) is 11.4 Å². The summed E-state index contributed by atoms with van der Waals surface area (Å²) in [6.07, 6.45) is 4.38. The first kappa shape index (κ1) is 15.1. The van der Waals surface area contributed by atoms with E-state index in [1.165, 1.54) is 6.07 Å². The summed E-state index contributed by atoms with van der Waals surface area (Å²) in [6, 6.07) is 7.03. The molecule has 4 rings (SSSR count). The molecule has 1 fully saturated rings. The SMILES string of the molecule is Oc1cc(Cl)ccc1-c1nnc(N[C@@H]2CCOC2)c2cnccc12. The molecular formula is C17H15ClN4O2. The summed E-state index contributed by atoms with van der Waals surface area (Å²) in [6.45, 7) is 1.40. The Morgan fingerprint density at radius 3 is 2.92 bits per heavy atom. The molecule has 6 nitrogen and oxygen atoms in total. The van der Waals surface area contributed by atoms with Crippen LogP contribution in [0.3, 0.4) is 0 Å². The predicted octanol–water partition coefficient (Wildman–Crippen LogP) is 3.25. The number of anilines is 1. The molecule has 0 radical (unpaired) electrons. The van der Waals surface area contributed by atoms with Crippen molar-refractivity contribution >= 4 is 28.2 Å². The average molecular weight is 343 g/mol. The maximum atomic E-state index is 10.2. The number of nitrogens with one attached hydrogen (secondary N) is 1. The van der Waals surface area contributed by atoms with Crippen LogP contribution in [-0.2, 0) is 4.74 Å². The Labute approximate surface area is 143 Å². The van der Waals surface area contributed by atoms with Gasteiger partial charge >= 0.3 is 0 Å². The molecule has 0 bridgehead atoms. The largest absolute Gasteiger partial charge is 0.507 e. The molecule has 1 atom stereocenters. The molecule has 1 saturated heterocycles. The second-order valence-electron chi connectivity index (χ2n) is 5.68. The monoisotopic (exact) mass is 342 g/mol. The van der Waals surface area contributed by atoms with E-state index in [4.69, 9.17) is 16.3 Å². The first-order valence-corrected chi connectivity index (χ1v) is 8.04. The van der Waals surface area contributed by atoms with Gasteiger partial charge in [0.25, 0.3) is 0 Å². The number of pyridine rings is 1. The van der Waals surface area contributed by atoms with Gasteiger partial charge in [-0.2, -0.15) is 0 Å². The molecule has 2 aromatic heterocycles. The first-order chi connectivity index (χ1) is 11.7. The Bertz CT molecular complexity index is 897. The van der Waals surface area contributed by atoms with E-state index in [2.05, 4.69) is 20.5 Å². The molecule has 0 saturated carbocycles. The van der Waals surface area contributed by atoms with E-state index in [1.807, 2.05) is 6.07 Å². The van der Waals surface area contributed by atoms with Crippen molar-refractivity contribution in [1.82, 2.24) is 15.2 Å². The molecule has 3 heterocycles. The Hall–Kier alpha value is -2.44. The fourth-order valence-corrected chi connectivity index (χ4v) is 3.02. The van der Waals surface area contributed by atoms with Crippen LogP contribution in [0.2, 0.25) is 5.02 Å². The number of halogens is 1. The number of nitrogens with zero attached hydrogens (tertiary/aromatic N) is 3. The van der Waals surface area contributed by atoms with E-state index < -0.39 is 0 Å². The van der Waals surface area contributed by atoms with Crippen molar-refractivity contribution < 1.29 is 9.84 Å². The Morgan fingerprint density at radius 1 is 1.21 bits per heavy atom. The Morgan fingerprint density at radius 2 is 2.12 bits per heavy atom. The second-order valence-corrected chi connectivity index (χ2v) is 6.12. The lowest BCUT2D eigenvalue weighted by Crippen LogP contribution is -2.20. The smallest absolute Gasteiger partial charge is 0.158 e. The van der Waals surface area contributed by atoms with Crippen LogP contribution in [0, 0.1) is 0 Å².